The molecule has 0 unspecified atom stereocenters. The molecular weight excluding hydrogens is 300 g/mol. The van der Waals surface area contributed by atoms with Crippen molar-refractivity contribution < 1.29 is 8.42 Å². The number of hydrogen-bond donors (Lipinski definition) is 0. The van der Waals surface area contributed by atoms with E-state index >= 15 is 0 Å². The average molecular weight is 322 g/mol. The molecule has 0 atom stereocenters. The number of nitrogens with zero attached hydrogens (tertiary/aromatic N) is 4. The first-order chi connectivity index (χ1) is 10.5. The Morgan fingerprint density at radius 2 is 1.91 bits per heavy atom. The molecule has 0 saturated carbocycles. The van der Waals surface area contributed by atoms with Gasteiger partial charge in [0.1, 0.15) is 5.65 Å². The van der Waals surface area contributed by atoms with Gasteiger partial charge in [0.2, 0.25) is 10.0 Å². The maximum absolute atomic E-state index is 12.2. The van der Waals surface area contributed by atoms with Gasteiger partial charge in [-0.1, -0.05) is 6.07 Å². The van der Waals surface area contributed by atoms with Crippen LogP contribution in [0.3, 0.4) is 0 Å². The van der Waals surface area contributed by atoms with Gasteiger partial charge in [-0.2, -0.15) is 4.31 Å². The van der Waals surface area contributed by atoms with E-state index in [4.69, 9.17) is 0 Å². The van der Waals surface area contributed by atoms with E-state index in [9.17, 15) is 8.42 Å². The van der Waals surface area contributed by atoms with Gasteiger partial charge in [0.25, 0.3) is 0 Å². The number of sulfonamides is 1. The van der Waals surface area contributed by atoms with Gasteiger partial charge in [-0.05, 0) is 26.0 Å². The van der Waals surface area contributed by atoms with Crippen LogP contribution in [-0.4, -0.2) is 58.4 Å². The van der Waals surface area contributed by atoms with Crippen molar-refractivity contribution in [1.82, 2.24) is 18.6 Å². The summed E-state index contributed by atoms with van der Waals surface area (Å²) < 4.78 is 28.0. The van der Waals surface area contributed by atoms with E-state index in [-0.39, 0.29) is 5.25 Å². The summed E-state index contributed by atoms with van der Waals surface area (Å²) in [7, 11) is -3.13. The summed E-state index contributed by atoms with van der Waals surface area (Å²) in [5.41, 5.74) is 2.08. The Balaban J connectivity index is 1.65. The second-order valence-corrected chi connectivity index (χ2v) is 8.44. The van der Waals surface area contributed by atoms with Crippen LogP contribution in [0.25, 0.3) is 5.65 Å². The standard InChI is InChI=1S/C15H22N4O2S/c1-13(2)22(20,21)18-9-7-17(8-10-18)12-14-11-16-15-5-3-4-6-19(14)15/h3-6,11,13H,7-10,12H2,1-2H3. The van der Waals surface area contributed by atoms with Crippen molar-refractivity contribution in [2.24, 2.45) is 0 Å². The van der Waals surface area contributed by atoms with Gasteiger partial charge in [0, 0.05) is 38.9 Å². The smallest absolute Gasteiger partial charge is 0.216 e. The van der Waals surface area contributed by atoms with Gasteiger partial charge < -0.3 is 4.40 Å². The van der Waals surface area contributed by atoms with Crippen molar-refractivity contribution in [3.8, 4) is 0 Å². The predicted octanol–water partition coefficient (Wildman–Crippen LogP) is 1.19. The lowest BCUT2D eigenvalue weighted by molar-refractivity contribution is 0.179. The highest BCUT2D eigenvalue weighted by molar-refractivity contribution is 7.89. The molecule has 0 N–H and O–H groups in total. The van der Waals surface area contributed by atoms with E-state index in [0.29, 0.717) is 13.1 Å². The van der Waals surface area contributed by atoms with Crippen LogP contribution in [0.1, 0.15) is 19.5 Å². The van der Waals surface area contributed by atoms with Crippen LogP contribution in [0.15, 0.2) is 30.6 Å². The lowest BCUT2D eigenvalue weighted by Gasteiger charge is -2.34. The largest absolute Gasteiger partial charge is 0.303 e. The van der Waals surface area contributed by atoms with Crippen molar-refractivity contribution in [1.29, 1.82) is 0 Å². The predicted molar refractivity (Wildman–Crippen MR) is 86.1 cm³/mol. The molecule has 0 bridgehead atoms. The molecule has 2 aromatic rings. The zero-order valence-electron chi connectivity index (χ0n) is 13.0. The molecule has 1 aliphatic rings. The molecule has 3 heterocycles. The highest BCUT2D eigenvalue weighted by atomic mass is 32.2. The molecule has 0 amide bonds. The summed E-state index contributed by atoms with van der Waals surface area (Å²) >= 11 is 0. The highest BCUT2D eigenvalue weighted by Gasteiger charge is 2.29. The summed E-state index contributed by atoms with van der Waals surface area (Å²) in [4.78, 5) is 6.67. The maximum Gasteiger partial charge on any atom is 0.216 e. The summed E-state index contributed by atoms with van der Waals surface area (Å²) in [6, 6.07) is 5.95. The van der Waals surface area contributed by atoms with Gasteiger partial charge in [-0.3, -0.25) is 4.90 Å². The third-order valence-electron chi connectivity index (χ3n) is 4.17. The molecule has 1 fully saturated rings. The van der Waals surface area contributed by atoms with E-state index in [1.54, 1.807) is 18.2 Å². The Kier molecular flexibility index (Phi) is 4.20. The van der Waals surface area contributed by atoms with E-state index < -0.39 is 10.0 Å². The number of piperazine rings is 1. The van der Waals surface area contributed by atoms with Crippen LogP contribution >= 0.6 is 0 Å². The number of pyridine rings is 1. The van der Waals surface area contributed by atoms with Crippen molar-refractivity contribution in [3.63, 3.8) is 0 Å². The second kappa shape index (κ2) is 5.98. The number of aromatic nitrogens is 2. The van der Waals surface area contributed by atoms with Crippen molar-refractivity contribution >= 4 is 15.7 Å². The molecule has 0 radical (unpaired) electrons. The zero-order chi connectivity index (χ0) is 15.7. The molecule has 1 aliphatic heterocycles. The van der Waals surface area contributed by atoms with Crippen LogP contribution < -0.4 is 0 Å². The molecule has 2 aromatic heterocycles. The number of hydrogen-bond acceptors (Lipinski definition) is 4. The monoisotopic (exact) mass is 322 g/mol. The molecule has 0 aromatic carbocycles. The first kappa shape index (κ1) is 15.5. The van der Waals surface area contributed by atoms with Crippen LogP contribution in [-0.2, 0) is 16.6 Å². The minimum absolute atomic E-state index is 0.349. The minimum Gasteiger partial charge on any atom is -0.303 e. The molecule has 7 heteroatoms. The third kappa shape index (κ3) is 2.88. The molecule has 120 valence electrons. The van der Waals surface area contributed by atoms with E-state index in [2.05, 4.69) is 14.3 Å². The van der Waals surface area contributed by atoms with Crippen LogP contribution in [0.5, 0.6) is 0 Å². The fraction of sp³-hybridized carbons (Fsp3) is 0.533. The van der Waals surface area contributed by atoms with Crippen molar-refractivity contribution in [2.45, 2.75) is 25.6 Å². The average Bonchev–Trinajstić information content (AvgIpc) is 2.91. The van der Waals surface area contributed by atoms with E-state index in [0.717, 1.165) is 31.0 Å². The van der Waals surface area contributed by atoms with Gasteiger partial charge in [0.15, 0.2) is 0 Å². The Morgan fingerprint density at radius 3 is 2.59 bits per heavy atom. The number of rotatable bonds is 4. The number of imidazole rings is 1. The molecule has 0 aliphatic carbocycles. The molecule has 6 nitrogen and oxygen atoms in total. The number of fused-ring (bicyclic) bond motifs is 1. The summed E-state index contributed by atoms with van der Waals surface area (Å²) in [5, 5.41) is -0.349. The normalized spacial score (nSPS) is 18.3. The Labute approximate surface area is 131 Å². The van der Waals surface area contributed by atoms with E-state index in [1.165, 1.54) is 0 Å². The topological polar surface area (TPSA) is 57.9 Å². The zero-order valence-corrected chi connectivity index (χ0v) is 13.8. The van der Waals surface area contributed by atoms with Gasteiger partial charge >= 0.3 is 0 Å². The molecule has 0 spiro atoms. The second-order valence-electron chi connectivity index (χ2n) is 5.95. The van der Waals surface area contributed by atoms with Crippen molar-refractivity contribution in [2.75, 3.05) is 26.2 Å². The maximum atomic E-state index is 12.2. The lowest BCUT2D eigenvalue weighted by atomic mass is 10.3. The van der Waals surface area contributed by atoms with Gasteiger partial charge in [0.05, 0.1) is 17.1 Å². The quantitative estimate of drug-likeness (QED) is 0.848. The SMILES string of the molecule is CC(C)S(=O)(=O)N1CCN(Cc2cnc3ccccn23)CC1. The van der Waals surface area contributed by atoms with Crippen LogP contribution in [0.4, 0.5) is 0 Å². The summed E-state index contributed by atoms with van der Waals surface area (Å²) in [5.74, 6) is 0. The van der Waals surface area contributed by atoms with Crippen LogP contribution in [0, 0.1) is 0 Å². The van der Waals surface area contributed by atoms with Crippen LogP contribution in [0.2, 0.25) is 0 Å². The van der Waals surface area contributed by atoms with Gasteiger partial charge in [-0.25, -0.2) is 13.4 Å². The highest BCUT2D eigenvalue weighted by Crippen LogP contribution is 2.15. The lowest BCUT2D eigenvalue weighted by Crippen LogP contribution is -2.50. The fourth-order valence-corrected chi connectivity index (χ4v) is 4.04. The first-order valence-corrected chi connectivity index (χ1v) is 9.11. The molecule has 1 saturated heterocycles. The Morgan fingerprint density at radius 1 is 1.18 bits per heavy atom. The minimum atomic E-state index is -3.13. The van der Waals surface area contributed by atoms with Gasteiger partial charge in [-0.15, -0.1) is 0 Å². The summed E-state index contributed by atoms with van der Waals surface area (Å²) in [6.07, 6.45) is 3.91. The molecule has 3 rings (SSSR count). The fourth-order valence-electron chi connectivity index (χ4n) is 2.77. The first-order valence-electron chi connectivity index (χ1n) is 7.61. The third-order valence-corrected chi connectivity index (χ3v) is 6.44. The van der Waals surface area contributed by atoms with Crippen molar-refractivity contribution in [3.05, 3.63) is 36.3 Å². The Bertz CT molecular complexity index is 746. The van der Waals surface area contributed by atoms with E-state index in [1.807, 2.05) is 30.6 Å². The summed E-state index contributed by atoms with van der Waals surface area (Å²) in [6.45, 7) is 6.91. The Hall–Kier alpha value is -1.44. The molecule has 22 heavy (non-hydrogen) atoms. The molecular formula is C15H22N4O2S.